The van der Waals surface area contributed by atoms with Gasteiger partial charge in [0.05, 0.1) is 46.8 Å². The van der Waals surface area contributed by atoms with Gasteiger partial charge in [-0.25, -0.2) is 9.37 Å². The maximum atomic E-state index is 14.8. The number of carbonyl (C=O) groups is 1. The Labute approximate surface area is 184 Å². The van der Waals surface area contributed by atoms with Gasteiger partial charge in [-0.1, -0.05) is 12.1 Å². The quantitative estimate of drug-likeness (QED) is 0.449. The van der Waals surface area contributed by atoms with E-state index in [-0.39, 0.29) is 35.6 Å². The molecule has 0 radical (unpaired) electrons. The summed E-state index contributed by atoms with van der Waals surface area (Å²) in [6.45, 7) is -0.369. The number of β-amino-alcohol motifs (C(OH)–C–C–N with tert-alkyl or cyclic N) is 1. The number of hydrogen-bond acceptors (Lipinski definition) is 5. The molecule has 1 saturated heterocycles. The van der Waals surface area contributed by atoms with Crippen molar-refractivity contribution in [3.63, 3.8) is 0 Å². The average Bonchev–Trinajstić information content (AvgIpc) is 3.12. The normalized spacial score (nSPS) is 15.8. The van der Waals surface area contributed by atoms with E-state index in [1.807, 2.05) is 0 Å². The molecule has 11 heteroatoms. The predicted octanol–water partition coefficient (Wildman–Crippen LogP) is 3.21. The monoisotopic (exact) mass is 459 g/mol. The van der Waals surface area contributed by atoms with Crippen LogP contribution < -0.4 is 5.73 Å². The fourth-order valence-electron chi connectivity index (χ4n) is 4.19. The maximum absolute atomic E-state index is 14.8. The zero-order chi connectivity index (χ0) is 23.7. The van der Waals surface area contributed by atoms with E-state index in [2.05, 4.69) is 10.1 Å². The van der Waals surface area contributed by atoms with Crippen LogP contribution in [0.15, 0.2) is 42.6 Å². The molecule has 33 heavy (non-hydrogen) atoms. The number of fused-ring (bicyclic) bond motifs is 3. The summed E-state index contributed by atoms with van der Waals surface area (Å²) in [4.78, 5) is 18.4. The number of aliphatic hydroxyl groups is 1. The van der Waals surface area contributed by atoms with Crippen molar-refractivity contribution in [1.29, 1.82) is 0 Å². The molecule has 170 valence electrons. The van der Waals surface area contributed by atoms with Crippen LogP contribution in [0.2, 0.25) is 0 Å². The second-order valence-electron chi connectivity index (χ2n) is 8.14. The number of aromatic nitrogens is 3. The summed E-state index contributed by atoms with van der Waals surface area (Å²) >= 11 is 0. The molecule has 2 aromatic heterocycles. The third kappa shape index (κ3) is 3.27. The molecule has 0 unspecified atom stereocenters. The summed E-state index contributed by atoms with van der Waals surface area (Å²) in [5, 5.41) is 16.0. The van der Waals surface area contributed by atoms with E-state index in [9.17, 15) is 27.5 Å². The Hall–Kier alpha value is -3.73. The van der Waals surface area contributed by atoms with Gasteiger partial charge in [-0.3, -0.25) is 9.48 Å². The first-order valence-corrected chi connectivity index (χ1v) is 9.88. The van der Waals surface area contributed by atoms with Gasteiger partial charge in [0.25, 0.3) is 5.91 Å². The highest BCUT2D eigenvalue weighted by molar-refractivity contribution is 6.10. The lowest BCUT2D eigenvalue weighted by Gasteiger charge is -2.46. The largest absolute Gasteiger partial charge is 0.416 e. The molecule has 1 amide bonds. The van der Waals surface area contributed by atoms with Gasteiger partial charge < -0.3 is 15.7 Å². The molecule has 3 heterocycles. The van der Waals surface area contributed by atoms with E-state index >= 15 is 0 Å². The van der Waals surface area contributed by atoms with E-state index in [0.717, 1.165) is 18.2 Å². The zero-order valence-corrected chi connectivity index (χ0v) is 17.2. The van der Waals surface area contributed by atoms with Gasteiger partial charge in [0.2, 0.25) is 0 Å². The number of nitrogens with two attached hydrogens (primary N) is 1. The van der Waals surface area contributed by atoms with Crippen LogP contribution in [0, 0.1) is 5.82 Å². The minimum atomic E-state index is -4.49. The van der Waals surface area contributed by atoms with Crippen LogP contribution in [0.1, 0.15) is 21.5 Å². The van der Waals surface area contributed by atoms with Crippen LogP contribution in [0.5, 0.6) is 0 Å². The number of rotatable bonds is 2. The van der Waals surface area contributed by atoms with Crippen molar-refractivity contribution in [2.75, 3.05) is 18.8 Å². The van der Waals surface area contributed by atoms with Crippen molar-refractivity contribution in [2.45, 2.75) is 11.8 Å². The molecule has 0 aliphatic carbocycles. The van der Waals surface area contributed by atoms with Crippen LogP contribution in [0.3, 0.4) is 0 Å². The van der Waals surface area contributed by atoms with Crippen molar-refractivity contribution < 1.29 is 27.5 Å². The number of hydrogen-bond donors (Lipinski definition) is 2. The molecule has 7 nitrogen and oxygen atoms in total. The molecule has 1 fully saturated rings. The van der Waals surface area contributed by atoms with Crippen LogP contribution in [0.4, 0.5) is 23.4 Å². The molecule has 4 aromatic rings. The number of amides is 1. The Bertz CT molecular complexity index is 1420. The zero-order valence-electron chi connectivity index (χ0n) is 17.2. The Morgan fingerprint density at radius 3 is 2.45 bits per heavy atom. The number of benzene rings is 2. The van der Waals surface area contributed by atoms with Crippen molar-refractivity contribution in [3.8, 4) is 0 Å². The molecular formula is C22H17F4N5O2. The Balaban J connectivity index is 1.44. The van der Waals surface area contributed by atoms with E-state index in [4.69, 9.17) is 5.73 Å². The van der Waals surface area contributed by atoms with Crippen LogP contribution in [-0.4, -0.2) is 43.8 Å². The first-order valence-electron chi connectivity index (χ1n) is 9.88. The van der Waals surface area contributed by atoms with Crippen molar-refractivity contribution >= 4 is 33.5 Å². The van der Waals surface area contributed by atoms with Gasteiger partial charge in [0.15, 0.2) is 0 Å². The summed E-state index contributed by atoms with van der Waals surface area (Å²) < 4.78 is 54.7. The number of likely N-dealkylation sites (tertiary alicyclic amines) is 1. The Kier molecular flexibility index (Phi) is 4.41. The number of anilines is 1. The van der Waals surface area contributed by atoms with Gasteiger partial charge in [-0.15, -0.1) is 0 Å². The SMILES string of the molecule is Cn1ncc2c(N)nc3cc(F)c(C(=O)N4CC(O)(c5ccc(C(F)(F)F)cc5)C4)cc3c21. The molecule has 1 aliphatic heterocycles. The van der Waals surface area contributed by atoms with Crippen LogP contribution in [0.25, 0.3) is 21.8 Å². The average molecular weight is 459 g/mol. The molecule has 3 N–H and O–H groups in total. The molecule has 0 saturated carbocycles. The maximum Gasteiger partial charge on any atom is 0.416 e. The van der Waals surface area contributed by atoms with Crippen LogP contribution >= 0.6 is 0 Å². The van der Waals surface area contributed by atoms with Gasteiger partial charge in [-0.2, -0.15) is 18.3 Å². The van der Waals surface area contributed by atoms with Crippen molar-refractivity contribution in [1.82, 2.24) is 19.7 Å². The fraction of sp³-hybridized carbons (Fsp3) is 0.227. The lowest BCUT2D eigenvalue weighted by Crippen LogP contribution is -2.61. The molecule has 0 bridgehead atoms. The summed E-state index contributed by atoms with van der Waals surface area (Å²) in [6.07, 6.45) is -2.96. The molecule has 0 atom stereocenters. The summed E-state index contributed by atoms with van der Waals surface area (Å²) in [5.74, 6) is -1.27. The Morgan fingerprint density at radius 1 is 1.15 bits per heavy atom. The Morgan fingerprint density at radius 2 is 1.82 bits per heavy atom. The second kappa shape index (κ2) is 6.88. The van der Waals surface area contributed by atoms with Crippen LogP contribution in [-0.2, 0) is 18.8 Å². The molecule has 0 spiro atoms. The first kappa shape index (κ1) is 21.1. The molecular weight excluding hydrogens is 442 g/mol. The van der Waals surface area contributed by atoms with Crippen molar-refractivity contribution in [3.05, 3.63) is 65.1 Å². The topological polar surface area (TPSA) is 97.3 Å². The number of alkyl halides is 3. The molecule has 1 aliphatic rings. The first-order chi connectivity index (χ1) is 15.5. The third-order valence-electron chi connectivity index (χ3n) is 5.97. The number of pyridine rings is 1. The smallest absolute Gasteiger partial charge is 0.383 e. The van der Waals surface area contributed by atoms with Gasteiger partial charge in [0, 0.05) is 18.5 Å². The molecule has 2 aromatic carbocycles. The third-order valence-corrected chi connectivity index (χ3v) is 5.97. The highest BCUT2D eigenvalue weighted by Crippen LogP contribution is 2.36. The lowest BCUT2D eigenvalue weighted by atomic mass is 9.85. The highest BCUT2D eigenvalue weighted by atomic mass is 19.4. The van der Waals surface area contributed by atoms with Gasteiger partial charge in [0.1, 0.15) is 17.2 Å². The van der Waals surface area contributed by atoms with E-state index in [1.54, 1.807) is 11.7 Å². The number of halogens is 4. The fourth-order valence-corrected chi connectivity index (χ4v) is 4.19. The summed E-state index contributed by atoms with van der Waals surface area (Å²) in [7, 11) is 1.69. The van der Waals surface area contributed by atoms with E-state index in [0.29, 0.717) is 16.3 Å². The van der Waals surface area contributed by atoms with Crippen molar-refractivity contribution in [2.24, 2.45) is 7.05 Å². The second-order valence-corrected chi connectivity index (χ2v) is 8.14. The van der Waals surface area contributed by atoms with Gasteiger partial charge >= 0.3 is 6.18 Å². The minimum Gasteiger partial charge on any atom is -0.383 e. The summed E-state index contributed by atoms with van der Waals surface area (Å²) in [6, 6.07) is 6.59. The van der Waals surface area contributed by atoms with Gasteiger partial charge in [-0.05, 0) is 23.8 Å². The van der Waals surface area contributed by atoms with E-state index < -0.39 is 29.1 Å². The number of nitrogens with zero attached hydrogens (tertiary/aromatic N) is 4. The predicted molar refractivity (Wildman–Crippen MR) is 112 cm³/mol. The highest BCUT2D eigenvalue weighted by Gasteiger charge is 2.46. The summed E-state index contributed by atoms with van der Waals surface area (Å²) in [5.41, 5.74) is 4.46. The van der Waals surface area contributed by atoms with E-state index in [1.165, 1.54) is 29.3 Å². The number of aryl methyl sites for hydroxylation is 1. The number of nitrogen functional groups attached to an aromatic ring is 1. The standard InChI is InChI=1S/C22H17F4N5O2/c1-30-18-14-6-13(16(23)7-17(14)29-19(27)15(18)8-28-30)20(32)31-9-21(33,10-31)11-2-4-12(5-3-11)22(24,25)26/h2-8,33H,9-10H2,1H3,(H2,27,29). The molecule has 5 rings (SSSR count). The lowest BCUT2D eigenvalue weighted by molar-refractivity contribution is -0.137. The number of carbonyl (C=O) groups excluding carboxylic acids is 1. The minimum absolute atomic E-state index is 0.185.